The van der Waals surface area contributed by atoms with Crippen molar-refractivity contribution in [1.29, 1.82) is 0 Å². The lowest BCUT2D eigenvalue weighted by Gasteiger charge is -2.31. The van der Waals surface area contributed by atoms with Crippen LogP contribution in [0.4, 0.5) is 11.4 Å². The van der Waals surface area contributed by atoms with Crippen LogP contribution in [0.1, 0.15) is 71.3 Å². The summed E-state index contributed by atoms with van der Waals surface area (Å²) < 4.78 is 6.79. The number of carbonyl (C=O) groups excluding carboxylic acids is 3. The third-order valence-corrected chi connectivity index (χ3v) is 9.07. The highest BCUT2D eigenvalue weighted by Crippen LogP contribution is 2.41. The first-order chi connectivity index (χ1) is 18.7. The average molecular weight is 549 g/mol. The third-order valence-electron chi connectivity index (χ3n) is 7.92. The van der Waals surface area contributed by atoms with E-state index in [9.17, 15) is 14.4 Å². The highest BCUT2D eigenvalue weighted by atomic mass is 32.1. The number of aryl methyl sites for hydroxylation is 2. The summed E-state index contributed by atoms with van der Waals surface area (Å²) in [5.41, 5.74) is 3.46. The Morgan fingerprint density at radius 1 is 1.08 bits per heavy atom. The summed E-state index contributed by atoms with van der Waals surface area (Å²) in [6.07, 6.45) is 6.15. The van der Waals surface area contributed by atoms with Crippen molar-refractivity contribution in [3.05, 3.63) is 52.7 Å². The first-order valence-corrected chi connectivity index (χ1v) is 14.5. The molecule has 2 aliphatic carbocycles. The first-order valence-electron chi connectivity index (χ1n) is 13.7. The van der Waals surface area contributed by atoms with Crippen molar-refractivity contribution in [2.24, 2.45) is 24.8 Å². The molecule has 2 saturated carbocycles. The lowest BCUT2D eigenvalue weighted by Crippen LogP contribution is -2.39. The molecule has 1 N–H and O–H groups in total. The third kappa shape index (κ3) is 6.08. The summed E-state index contributed by atoms with van der Waals surface area (Å²) in [6, 6.07) is 11.2. The number of aromatic nitrogens is 2. The molecule has 0 saturated heterocycles. The monoisotopic (exact) mass is 548 g/mol. The van der Waals surface area contributed by atoms with E-state index in [1.807, 2.05) is 42.2 Å². The van der Waals surface area contributed by atoms with Gasteiger partial charge in [0, 0.05) is 35.8 Å². The molecule has 2 heterocycles. The molecular formula is C30H36N4O4S. The quantitative estimate of drug-likeness (QED) is 0.345. The number of rotatable bonds is 8. The van der Waals surface area contributed by atoms with Crippen molar-refractivity contribution in [2.75, 3.05) is 23.9 Å². The van der Waals surface area contributed by atoms with Gasteiger partial charge in [-0.25, -0.2) is 4.79 Å². The second kappa shape index (κ2) is 11.3. The molecule has 1 aromatic carbocycles. The first kappa shape index (κ1) is 27.1. The van der Waals surface area contributed by atoms with Crippen LogP contribution >= 0.6 is 11.3 Å². The Balaban J connectivity index is 1.40. The number of anilines is 2. The van der Waals surface area contributed by atoms with E-state index < -0.39 is 5.97 Å². The van der Waals surface area contributed by atoms with Crippen LogP contribution in [-0.4, -0.2) is 41.2 Å². The zero-order valence-corrected chi connectivity index (χ0v) is 23.8. The van der Waals surface area contributed by atoms with Gasteiger partial charge in [0.25, 0.3) is 5.91 Å². The van der Waals surface area contributed by atoms with Gasteiger partial charge in [-0.3, -0.25) is 14.3 Å². The number of nitrogens with one attached hydrogen (secondary N) is 1. The van der Waals surface area contributed by atoms with Gasteiger partial charge >= 0.3 is 5.97 Å². The Bertz CT molecular complexity index is 1340. The minimum atomic E-state index is -0.429. The van der Waals surface area contributed by atoms with Crippen LogP contribution in [-0.2, 0) is 16.6 Å². The molecule has 0 radical (unpaired) electrons. The largest absolute Gasteiger partial charge is 0.465 e. The van der Waals surface area contributed by atoms with Crippen molar-refractivity contribution in [3.63, 3.8) is 0 Å². The number of thiophene rings is 1. The molecular weight excluding hydrogens is 512 g/mol. The second-order valence-electron chi connectivity index (χ2n) is 11.0. The van der Waals surface area contributed by atoms with E-state index in [1.54, 1.807) is 17.8 Å². The Labute approximate surface area is 233 Å². The molecule has 9 heteroatoms. The molecule has 39 heavy (non-hydrogen) atoms. The summed E-state index contributed by atoms with van der Waals surface area (Å²) in [4.78, 5) is 42.4. The zero-order chi connectivity index (χ0) is 27.7. The number of carbonyl (C=O) groups is 3. The van der Waals surface area contributed by atoms with E-state index in [4.69, 9.17) is 4.74 Å². The Morgan fingerprint density at radius 2 is 1.77 bits per heavy atom. The van der Waals surface area contributed by atoms with E-state index in [-0.39, 0.29) is 17.7 Å². The summed E-state index contributed by atoms with van der Waals surface area (Å²) in [7, 11) is 3.18. The van der Waals surface area contributed by atoms with Crippen LogP contribution in [0.3, 0.4) is 0 Å². The van der Waals surface area contributed by atoms with Crippen LogP contribution in [0, 0.1) is 24.7 Å². The fourth-order valence-corrected chi connectivity index (χ4v) is 6.23. The SMILES string of the molecule is COC(=O)c1sc(-c2ccc(NC(=O)c3cc(C)n(C)n3)cc2)cc1N(CC1CC1)C(=O)[C@H]1CC[C@H](C)CC1. The summed E-state index contributed by atoms with van der Waals surface area (Å²) in [5.74, 6) is 0.567. The molecule has 8 nitrogen and oxygen atoms in total. The summed E-state index contributed by atoms with van der Waals surface area (Å²) in [6.45, 7) is 4.79. The maximum absolute atomic E-state index is 13.8. The minimum absolute atomic E-state index is 0.000385. The van der Waals surface area contributed by atoms with Gasteiger partial charge in [-0.1, -0.05) is 19.1 Å². The van der Waals surface area contributed by atoms with E-state index in [1.165, 1.54) is 18.4 Å². The highest BCUT2D eigenvalue weighted by molar-refractivity contribution is 7.18. The minimum Gasteiger partial charge on any atom is -0.465 e. The average Bonchev–Trinajstić information content (AvgIpc) is 3.55. The molecule has 206 valence electrons. The molecule has 2 fully saturated rings. The predicted octanol–water partition coefficient (Wildman–Crippen LogP) is 6.07. The lowest BCUT2D eigenvalue weighted by molar-refractivity contribution is -0.123. The fraction of sp³-hybridized carbons (Fsp3) is 0.467. The van der Waals surface area contributed by atoms with Gasteiger partial charge in [0.05, 0.1) is 12.8 Å². The summed E-state index contributed by atoms with van der Waals surface area (Å²) in [5, 5.41) is 7.12. The maximum atomic E-state index is 13.8. The molecule has 0 spiro atoms. The van der Waals surface area contributed by atoms with Gasteiger partial charge in [0.1, 0.15) is 4.88 Å². The van der Waals surface area contributed by atoms with Crippen molar-refractivity contribution in [2.45, 2.75) is 52.4 Å². The van der Waals surface area contributed by atoms with E-state index in [0.29, 0.717) is 40.3 Å². The maximum Gasteiger partial charge on any atom is 0.350 e. The van der Waals surface area contributed by atoms with Crippen molar-refractivity contribution < 1.29 is 19.1 Å². The Morgan fingerprint density at radius 3 is 2.36 bits per heavy atom. The standard InChI is InChI=1S/C30H36N4O4S/c1-18-5-9-22(10-6-18)29(36)34(17-20-7-8-20)25-16-26(39-27(25)30(37)38-4)21-11-13-23(14-12-21)31-28(35)24-15-19(2)33(3)32-24/h11-16,18,20,22H,5-10,17H2,1-4H3,(H,31,35)/t18-,22-. The molecule has 0 atom stereocenters. The fourth-order valence-electron chi connectivity index (χ4n) is 5.14. The molecule has 2 aromatic heterocycles. The van der Waals surface area contributed by atoms with Crippen LogP contribution in [0.15, 0.2) is 36.4 Å². The Hall–Kier alpha value is -3.46. The van der Waals surface area contributed by atoms with Crippen molar-refractivity contribution >= 4 is 40.5 Å². The van der Waals surface area contributed by atoms with Crippen LogP contribution in [0.25, 0.3) is 10.4 Å². The topological polar surface area (TPSA) is 93.5 Å². The number of esters is 1. The summed E-state index contributed by atoms with van der Waals surface area (Å²) >= 11 is 1.34. The van der Waals surface area contributed by atoms with Gasteiger partial charge < -0.3 is 15.0 Å². The molecule has 3 aromatic rings. The normalized spacial score (nSPS) is 19.0. The molecule has 0 unspecified atom stereocenters. The zero-order valence-electron chi connectivity index (χ0n) is 23.0. The van der Waals surface area contributed by atoms with E-state index in [0.717, 1.165) is 54.7 Å². The molecule has 2 amide bonds. The second-order valence-corrected chi connectivity index (χ2v) is 12.0. The lowest BCUT2D eigenvalue weighted by atomic mass is 9.82. The number of nitrogens with zero attached hydrogens (tertiary/aromatic N) is 3. The molecule has 0 bridgehead atoms. The van der Waals surface area contributed by atoms with Gasteiger partial charge in [-0.05, 0) is 87.1 Å². The molecule has 2 aliphatic rings. The number of hydrogen-bond donors (Lipinski definition) is 1. The number of ether oxygens (including phenoxy) is 1. The number of amides is 2. The van der Waals surface area contributed by atoms with Gasteiger partial charge in [0.15, 0.2) is 5.69 Å². The van der Waals surface area contributed by atoms with Crippen LogP contribution < -0.4 is 10.2 Å². The van der Waals surface area contributed by atoms with Gasteiger partial charge in [-0.15, -0.1) is 11.3 Å². The number of methoxy groups -OCH3 is 1. The smallest absolute Gasteiger partial charge is 0.350 e. The molecule has 0 aliphatic heterocycles. The van der Waals surface area contributed by atoms with Crippen molar-refractivity contribution in [3.8, 4) is 10.4 Å². The highest BCUT2D eigenvalue weighted by Gasteiger charge is 2.35. The van der Waals surface area contributed by atoms with E-state index in [2.05, 4.69) is 17.3 Å². The van der Waals surface area contributed by atoms with Crippen molar-refractivity contribution in [1.82, 2.24) is 9.78 Å². The van der Waals surface area contributed by atoms with Crippen LogP contribution in [0.2, 0.25) is 0 Å². The van der Waals surface area contributed by atoms with E-state index >= 15 is 0 Å². The predicted molar refractivity (Wildman–Crippen MR) is 153 cm³/mol. The Kier molecular flexibility index (Phi) is 7.88. The van der Waals surface area contributed by atoms with Crippen LogP contribution in [0.5, 0.6) is 0 Å². The van der Waals surface area contributed by atoms with Gasteiger partial charge in [-0.2, -0.15) is 5.10 Å². The number of benzene rings is 1. The van der Waals surface area contributed by atoms with Gasteiger partial charge in [0.2, 0.25) is 5.91 Å². The molecule has 5 rings (SSSR count). The number of hydrogen-bond acceptors (Lipinski definition) is 6.